The number of alkyl halides is 1. The molecule has 1 aromatic rings. The molecule has 0 radical (unpaired) electrons. The summed E-state index contributed by atoms with van der Waals surface area (Å²) in [5, 5.41) is 3.88. The molecule has 1 aliphatic rings. The minimum Gasteiger partial charge on any atom is -0.352 e. The highest BCUT2D eigenvalue weighted by Gasteiger charge is 2.64. The van der Waals surface area contributed by atoms with Crippen LogP contribution in [0.25, 0.3) is 0 Å². The van der Waals surface area contributed by atoms with Crippen molar-refractivity contribution in [2.24, 2.45) is 16.7 Å². The Labute approximate surface area is 124 Å². The Bertz CT molecular complexity index is 462. The molecule has 1 N–H and O–H groups in total. The monoisotopic (exact) mass is 323 g/mol. The van der Waals surface area contributed by atoms with E-state index in [2.05, 4.69) is 48.9 Å². The predicted octanol–water partition coefficient (Wildman–Crippen LogP) is 3.99. The van der Waals surface area contributed by atoms with Gasteiger partial charge in [-0.25, -0.2) is 0 Å². The molecule has 1 aliphatic carbocycles. The van der Waals surface area contributed by atoms with Gasteiger partial charge >= 0.3 is 0 Å². The number of hydrogen-bond acceptors (Lipinski definition) is 1. The summed E-state index contributed by atoms with van der Waals surface area (Å²) in [6.07, 6.45) is 0. The lowest BCUT2D eigenvalue weighted by Gasteiger charge is -2.07. The van der Waals surface area contributed by atoms with Crippen LogP contribution in [0.5, 0.6) is 0 Å². The third kappa shape index (κ3) is 2.58. The summed E-state index contributed by atoms with van der Waals surface area (Å²) >= 11 is 3.40. The lowest BCUT2D eigenvalue weighted by molar-refractivity contribution is 0.0950. The summed E-state index contributed by atoms with van der Waals surface area (Å²) in [6.45, 7) is 9.85. The fraction of sp³-hybridized carbons (Fsp3) is 0.562. The van der Waals surface area contributed by atoms with Crippen LogP contribution >= 0.6 is 15.9 Å². The Balaban J connectivity index is 1.92. The van der Waals surface area contributed by atoms with E-state index >= 15 is 0 Å². The molecule has 2 rings (SSSR count). The average Bonchev–Trinajstić information content (AvgIpc) is 2.77. The van der Waals surface area contributed by atoms with E-state index in [-0.39, 0.29) is 5.91 Å². The van der Waals surface area contributed by atoms with Gasteiger partial charge in [-0.3, -0.25) is 4.79 Å². The summed E-state index contributed by atoms with van der Waals surface area (Å²) in [5.41, 5.74) is 2.56. The Morgan fingerprint density at radius 2 is 1.68 bits per heavy atom. The van der Waals surface area contributed by atoms with Crippen molar-refractivity contribution in [3.8, 4) is 0 Å². The number of nitrogens with one attached hydrogen (secondary N) is 1. The van der Waals surface area contributed by atoms with Crippen LogP contribution in [0, 0.1) is 16.7 Å². The first-order valence-corrected chi connectivity index (χ1v) is 7.86. The first kappa shape index (κ1) is 14.6. The standard InChI is InChI=1S/C16H22BrNO/c1-15(2)13(16(15,3)4)10-18-14(19)12-7-5-11(9-17)6-8-12/h5-8,13H,9-10H2,1-4H3,(H,18,19). The molecule has 1 aromatic carbocycles. The van der Waals surface area contributed by atoms with Gasteiger partial charge in [-0.15, -0.1) is 0 Å². The van der Waals surface area contributed by atoms with Gasteiger partial charge in [0.2, 0.25) is 0 Å². The zero-order valence-corrected chi connectivity index (χ0v) is 13.7. The maximum atomic E-state index is 12.1. The molecule has 0 aromatic heterocycles. The molecule has 0 unspecified atom stereocenters. The molecule has 0 saturated heterocycles. The van der Waals surface area contributed by atoms with Crippen LogP contribution in [0.1, 0.15) is 43.6 Å². The zero-order chi connectivity index (χ0) is 14.3. The van der Waals surface area contributed by atoms with E-state index in [1.807, 2.05) is 24.3 Å². The Morgan fingerprint density at radius 1 is 1.16 bits per heavy atom. The van der Waals surface area contributed by atoms with Gasteiger partial charge in [0.25, 0.3) is 5.91 Å². The third-order valence-electron chi connectivity index (χ3n) is 5.16. The molecule has 0 bridgehead atoms. The molecular weight excluding hydrogens is 302 g/mol. The SMILES string of the molecule is CC1(C)C(CNC(=O)c2ccc(CBr)cc2)C1(C)C. The minimum atomic E-state index is 0.0274. The average molecular weight is 324 g/mol. The molecule has 1 amide bonds. The molecule has 3 heteroatoms. The number of benzene rings is 1. The van der Waals surface area contributed by atoms with Gasteiger partial charge in [0.1, 0.15) is 0 Å². The lowest BCUT2D eigenvalue weighted by atomic mass is 10.0. The molecule has 19 heavy (non-hydrogen) atoms. The Kier molecular flexibility index (Phi) is 3.78. The van der Waals surface area contributed by atoms with Crippen molar-refractivity contribution in [3.63, 3.8) is 0 Å². The Morgan fingerprint density at radius 3 is 2.11 bits per heavy atom. The second-order valence-electron chi connectivity index (χ2n) is 6.54. The molecule has 2 nitrogen and oxygen atoms in total. The maximum Gasteiger partial charge on any atom is 0.251 e. The molecule has 0 spiro atoms. The summed E-state index contributed by atoms with van der Waals surface area (Å²) in [5.74, 6) is 0.588. The summed E-state index contributed by atoms with van der Waals surface area (Å²) in [7, 11) is 0. The van der Waals surface area contributed by atoms with Crippen LogP contribution in [0.2, 0.25) is 0 Å². The zero-order valence-electron chi connectivity index (χ0n) is 12.1. The van der Waals surface area contributed by atoms with Crippen molar-refractivity contribution in [2.45, 2.75) is 33.0 Å². The van der Waals surface area contributed by atoms with E-state index in [9.17, 15) is 4.79 Å². The molecule has 0 atom stereocenters. The molecule has 1 saturated carbocycles. The first-order valence-electron chi connectivity index (χ1n) is 6.74. The van der Waals surface area contributed by atoms with Crippen molar-refractivity contribution in [2.75, 3.05) is 6.54 Å². The third-order valence-corrected chi connectivity index (χ3v) is 5.80. The second-order valence-corrected chi connectivity index (χ2v) is 7.10. The number of hydrogen-bond donors (Lipinski definition) is 1. The van der Waals surface area contributed by atoms with E-state index in [1.54, 1.807) is 0 Å². The van der Waals surface area contributed by atoms with Crippen LogP contribution in [-0.2, 0) is 5.33 Å². The second kappa shape index (κ2) is 4.93. The number of rotatable bonds is 4. The lowest BCUT2D eigenvalue weighted by Crippen LogP contribution is -2.27. The molecule has 1 fully saturated rings. The number of carbonyl (C=O) groups is 1. The molecular formula is C16H22BrNO. The predicted molar refractivity (Wildman–Crippen MR) is 82.5 cm³/mol. The smallest absolute Gasteiger partial charge is 0.251 e. The first-order chi connectivity index (χ1) is 8.80. The molecule has 0 aliphatic heterocycles. The maximum absolute atomic E-state index is 12.1. The van der Waals surface area contributed by atoms with Crippen molar-refractivity contribution in [1.29, 1.82) is 0 Å². The van der Waals surface area contributed by atoms with E-state index in [0.29, 0.717) is 16.7 Å². The fourth-order valence-corrected chi connectivity index (χ4v) is 3.26. The van der Waals surface area contributed by atoms with Gasteiger partial charge < -0.3 is 5.32 Å². The summed E-state index contributed by atoms with van der Waals surface area (Å²) < 4.78 is 0. The van der Waals surface area contributed by atoms with Crippen molar-refractivity contribution in [3.05, 3.63) is 35.4 Å². The fourth-order valence-electron chi connectivity index (χ4n) is 2.89. The van der Waals surface area contributed by atoms with E-state index in [0.717, 1.165) is 17.4 Å². The Hall–Kier alpha value is -0.830. The number of carbonyl (C=O) groups excluding carboxylic acids is 1. The van der Waals surface area contributed by atoms with Crippen LogP contribution in [-0.4, -0.2) is 12.5 Å². The van der Waals surface area contributed by atoms with Crippen LogP contribution in [0.4, 0.5) is 0 Å². The highest BCUT2D eigenvalue weighted by molar-refractivity contribution is 9.08. The van der Waals surface area contributed by atoms with Crippen LogP contribution in [0.3, 0.4) is 0 Å². The van der Waals surface area contributed by atoms with Gasteiger partial charge in [0.15, 0.2) is 0 Å². The number of halogens is 1. The van der Waals surface area contributed by atoms with Crippen molar-refractivity contribution in [1.82, 2.24) is 5.32 Å². The van der Waals surface area contributed by atoms with Gasteiger partial charge in [-0.2, -0.15) is 0 Å². The summed E-state index contributed by atoms with van der Waals surface area (Å²) in [4.78, 5) is 12.1. The quantitative estimate of drug-likeness (QED) is 0.834. The van der Waals surface area contributed by atoms with E-state index in [1.165, 1.54) is 5.56 Å². The highest BCUT2D eigenvalue weighted by Crippen LogP contribution is 2.67. The highest BCUT2D eigenvalue weighted by atomic mass is 79.9. The van der Waals surface area contributed by atoms with Crippen molar-refractivity contribution >= 4 is 21.8 Å². The van der Waals surface area contributed by atoms with Gasteiger partial charge in [-0.1, -0.05) is 55.8 Å². The van der Waals surface area contributed by atoms with Gasteiger partial charge in [-0.05, 0) is 34.4 Å². The topological polar surface area (TPSA) is 29.1 Å². The number of amides is 1. The van der Waals surface area contributed by atoms with Crippen molar-refractivity contribution < 1.29 is 4.79 Å². The van der Waals surface area contributed by atoms with E-state index < -0.39 is 0 Å². The van der Waals surface area contributed by atoms with E-state index in [4.69, 9.17) is 0 Å². The largest absolute Gasteiger partial charge is 0.352 e. The molecule has 0 heterocycles. The molecule has 104 valence electrons. The van der Waals surface area contributed by atoms with Gasteiger partial charge in [0.05, 0.1) is 0 Å². The van der Waals surface area contributed by atoms with Crippen LogP contribution in [0.15, 0.2) is 24.3 Å². The van der Waals surface area contributed by atoms with Gasteiger partial charge in [0, 0.05) is 17.4 Å². The minimum absolute atomic E-state index is 0.0274. The summed E-state index contributed by atoms with van der Waals surface area (Å²) in [6, 6.07) is 7.73. The van der Waals surface area contributed by atoms with Crippen LogP contribution < -0.4 is 5.32 Å². The normalized spacial score (nSPS) is 20.1.